The average molecular weight is 389 g/mol. The highest BCUT2D eigenvalue weighted by Crippen LogP contribution is 2.33. The highest BCUT2D eigenvalue weighted by Gasteiger charge is 2.13. The normalized spacial score (nSPS) is 12.2. The molecule has 1 aliphatic rings. The van der Waals surface area contributed by atoms with Crippen LogP contribution in [0, 0.1) is 0 Å². The maximum absolute atomic E-state index is 9.53. The fourth-order valence-electron chi connectivity index (χ4n) is 2.76. The number of allylic oxidation sites excluding steroid dienone is 2. The third-order valence-electron chi connectivity index (χ3n) is 4.00. The van der Waals surface area contributed by atoms with E-state index in [4.69, 9.17) is 5.11 Å². The molecule has 0 saturated heterocycles. The summed E-state index contributed by atoms with van der Waals surface area (Å²) in [6.07, 6.45) is 11.9. The van der Waals surface area contributed by atoms with E-state index in [2.05, 4.69) is 93.1 Å². The van der Waals surface area contributed by atoms with Gasteiger partial charge in [-0.2, -0.15) is 0 Å². The van der Waals surface area contributed by atoms with E-state index >= 15 is 0 Å². The molecule has 0 aromatic heterocycles. The predicted molar refractivity (Wildman–Crippen MR) is 113 cm³/mol. The van der Waals surface area contributed by atoms with E-state index in [1.165, 1.54) is 32.7 Å². The van der Waals surface area contributed by atoms with Gasteiger partial charge in [0, 0.05) is 6.08 Å². The molecule has 0 spiro atoms. The van der Waals surface area contributed by atoms with Crippen LogP contribution in [0.25, 0.3) is 17.7 Å². The molecule has 0 atom stereocenters. The summed E-state index contributed by atoms with van der Waals surface area (Å²) in [5, 5.41) is 17.2. The number of quaternary nitrogens is 1. The predicted octanol–water partition coefficient (Wildman–Crippen LogP) is 1.64. The van der Waals surface area contributed by atoms with Crippen LogP contribution in [-0.2, 0) is 9.59 Å². The first-order chi connectivity index (χ1) is 13.9. The largest absolute Gasteiger partial charge is 0.545 e. The first-order valence-corrected chi connectivity index (χ1v) is 9.06. The minimum absolute atomic E-state index is 0.447. The number of fused-ring (bicyclic) bond motifs is 2. The lowest BCUT2D eigenvalue weighted by Gasteiger charge is -2.11. The average Bonchev–Trinajstić information content (AvgIpc) is 2.84. The van der Waals surface area contributed by atoms with Crippen molar-refractivity contribution in [1.29, 1.82) is 0 Å². The second-order valence-electron chi connectivity index (χ2n) is 6.52. The molecule has 0 aliphatic heterocycles. The molecule has 1 aliphatic carbocycles. The van der Waals surface area contributed by atoms with Crippen LogP contribution in [0.5, 0.6) is 0 Å². The fraction of sp³-hybridized carbons (Fsp3) is 0.0833. The van der Waals surface area contributed by atoms with Gasteiger partial charge >= 0.3 is 5.97 Å². The number of carbonyl (C=O) groups excluding carboxylic acids is 1. The zero-order valence-electron chi connectivity index (χ0n) is 16.3. The molecular weight excluding hydrogens is 366 g/mol. The summed E-state index contributed by atoms with van der Waals surface area (Å²) in [7, 11) is 4.23. The summed E-state index contributed by atoms with van der Waals surface area (Å²) in [5.41, 5.74) is 6.40. The number of hydrogen-bond acceptors (Lipinski definition) is 3. The SMILES string of the molecule is C[NH+](C)/C=C/C=C1c2ccccc2C=Cc2ccccc21.O=C([O-])/C=C\C(=O)O. The second kappa shape index (κ2) is 10.6. The van der Waals surface area contributed by atoms with Gasteiger partial charge in [0.2, 0.25) is 0 Å². The Morgan fingerprint density at radius 2 is 1.41 bits per heavy atom. The molecule has 2 N–H and O–H groups in total. The molecule has 0 bridgehead atoms. The van der Waals surface area contributed by atoms with Gasteiger partial charge in [0.1, 0.15) is 0 Å². The number of rotatable bonds is 4. The fourth-order valence-corrected chi connectivity index (χ4v) is 2.76. The number of nitrogens with one attached hydrogen (secondary N) is 1. The van der Waals surface area contributed by atoms with Crippen LogP contribution < -0.4 is 10.0 Å². The van der Waals surface area contributed by atoms with Crippen LogP contribution in [0.3, 0.4) is 0 Å². The molecule has 5 nitrogen and oxygen atoms in total. The number of aliphatic carboxylic acids is 2. The van der Waals surface area contributed by atoms with Gasteiger partial charge in [0.15, 0.2) is 0 Å². The minimum Gasteiger partial charge on any atom is -0.545 e. The zero-order valence-corrected chi connectivity index (χ0v) is 16.3. The van der Waals surface area contributed by atoms with Crippen LogP contribution in [0.4, 0.5) is 0 Å². The van der Waals surface area contributed by atoms with Crippen LogP contribution in [0.2, 0.25) is 0 Å². The third-order valence-corrected chi connectivity index (χ3v) is 4.00. The van der Waals surface area contributed by atoms with Crippen LogP contribution in [0.15, 0.2) is 79.0 Å². The van der Waals surface area contributed by atoms with E-state index < -0.39 is 11.9 Å². The van der Waals surface area contributed by atoms with E-state index in [1.54, 1.807) is 0 Å². The van der Waals surface area contributed by atoms with Crippen molar-refractivity contribution < 1.29 is 24.7 Å². The molecule has 2 aromatic carbocycles. The van der Waals surface area contributed by atoms with Crippen LogP contribution >= 0.6 is 0 Å². The molecule has 0 saturated carbocycles. The van der Waals surface area contributed by atoms with Crippen molar-refractivity contribution in [3.63, 3.8) is 0 Å². The zero-order chi connectivity index (χ0) is 21.2. The van der Waals surface area contributed by atoms with Gasteiger partial charge in [0.05, 0.1) is 26.3 Å². The van der Waals surface area contributed by atoms with Gasteiger partial charge in [-0.25, -0.2) is 4.79 Å². The Kier molecular flexibility index (Phi) is 7.88. The van der Waals surface area contributed by atoms with Gasteiger partial charge in [-0.1, -0.05) is 60.7 Å². The van der Waals surface area contributed by atoms with Gasteiger partial charge in [0.25, 0.3) is 0 Å². The van der Waals surface area contributed by atoms with E-state index in [0.717, 1.165) is 0 Å². The third kappa shape index (κ3) is 6.75. The Balaban J connectivity index is 0.000000321. The monoisotopic (exact) mass is 389 g/mol. The lowest BCUT2D eigenvalue weighted by molar-refractivity contribution is -0.801. The molecule has 0 amide bonds. The number of hydrogen-bond donors (Lipinski definition) is 2. The molecule has 0 heterocycles. The van der Waals surface area contributed by atoms with Crippen molar-refractivity contribution in [3.05, 3.63) is 101 Å². The molecule has 148 valence electrons. The quantitative estimate of drug-likeness (QED) is 0.665. The maximum atomic E-state index is 9.53. The molecule has 5 heteroatoms. The molecular formula is C24H23NO4. The van der Waals surface area contributed by atoms with E-state index in [1.807, 2.05) is 0 Å². The first kappa shape index (κ1) is 21.6. The smallest absolute Gasteiger partial charge is 0.328 e. The number of benzene rings is 2. The van der Waals surface area contributed by atoms with E-state index in [9.17, 15) is 14.7 Å². The Hall–Kier alpha value is -3.70. The second-order valence-corrected chi connectivity index (χ2v) is 6.52. The maximum Gasteiger partial charge on any atom is 0.328 e. The van der Waals surface area contributed by atoms with Gasteiger partial charge in [-0.3, -0.25) is 0 Å². The number of carboxylic acid groups (broad SMARTS) is 2. The first-order valence-electron chi connectivity index (χ1n) is 9.06. The highest BCUT2D eigenvalue weighted by molar-refractivity contribution is 5.94. The standard InChI is InChI=1S/C20H19N.C4H4O4/c1-21(2)15-7-12-20-18-10-5-3-8-16(18)13-14-17-9-4-6-11-19(17)20;5-3(6)1-2-4(7)8/h3-15H,1-2H3;1-2H,(H,5,6)(H,7,8)/b15-7+;2-1-. The van der Waals surface area contributed by atoms with Gasteiger partial charge < -0.3 is 19.9 Å². The summed E-state index contributed by atoms with van der Waals surface area (Å²) in [5.74, 6) is -2.80. The number of carbonyl (C=O) groups is 2. The van der Waals surface area contributed by atoms with E-state index in [-0.39, 0.29) is 0 Å². The number of carboxylic acids is 2. The Morgan fingerprint density at radius 1 is 0.897 bits per heavy atom. The molecule has 0 unspecified atom stereocenters. The molecule has 0 fully saturated rings. The Bertz CT molecular complexity index is 930. The molecule has 29 heavy (non-hydrogen) atoms. The van der Waals surface area contributed by atoms with Crippen LogP contribution in [-0.4, -0.2) is 31.1 Å². The highest BCUT2D eigenvalue weighted by atomic mass is 16.4. The van der Waals surface area contributed by atoms with Crippen molar-refractivity contribution in [2.45, 2.75) is 0 Å². The summed E-state index contributed by atoms with van der Waals surface area (Å²) in [6, 6.07) is 17.1. The summed E-state index contributed by atoms with van der Waals surface area (Å²) < 4.78 is 0. The molecule has 3 rings (SSSR count). The summed E-state index contributed by atoms with van der Waals surface area (Å²) in [6.45, 7) is 0. The van der Waals surface area contributed by atoms with Crippen LogP contribution in [0.1, 0.15) is 22.3 Å². The van der Waals surface area contributed by atoms with Crippen molar-refractivity contribution in [1.82, 2.24) is 0 Å². The summed E-state index contributed by atoms with van der Waals surface area (Å²) in [4.78, 5) is 20.3. The Labute approximate surface area is 170 Å². The van der Waals surface area contributed by atoms with Crippen molar-refractivity contribution in [3.8, 4) is 0 Å². The van der Waals surface area contributed by atoms with Crippen molar-refractivity contribution in [2.24, 2.45) is 0 Å². The lowest BCUT2D eigenvalue weighted by atomic mass is 9.93. The topological polar surface area (TPSA) is 81.9 Å². The van der Waals surface area contributed by atoms with Gasteiger partial charge in [-0.05, 0) is 46.1 Å². The van der Waals surface area contributed by atoms with E-state index in [0.29, 0.717) is 12.2 Å². The Morgan fingerprint density at radius 3 is 1.83 bits per heavy atom. The minimum atomic E-state index is -1.51. The molecule has 0 radical (unpaired) electrons. The lowest BCUT2D eigenvalue weighted by Crippen LogP contribution is -3.00. The molecule has 2 aromatic rings. The van der Waals surface area contributed by atoms with Crippen molar-refractivity contribution >= 4 is 29.7 Å². The van der Waals surface area contributed by atoms with Crippen molar-refractivity contribution in [2.75, 3.05) is 14.1 Å². The van der Waals surface area contributed by atoms with Gasteiger partial charge in [-0.15, -0.1) is 0 Å². The summed E-state index contributed by atoms with van der Waals surface area (Å²) >= 11 is 0.